The maximum Gasteiger partial charge on any atom is 0.472 e. The third-order valence-corrected chi connectivity index (χ3v) is 18.6. The van der Waals surface area contributed by atoms with Crippen molar-refractivity contribution in [3.05, 3.63) is 0 Å². The summed E-state index contributed by atoms with van der Waals surface area (Å²) in [6.07, 6.45) is 43.3. The van der Waals surface area contributed by atoms with Crippen molar-refractivity contribution < 1.29 is 80.2 Å². The van der Waals surface area contributed by atoms with Gasteiger partial charge in [-0.2, -0.15) is 0 Å². The van der Waals surface area contributed by atoms with Gasteiger partial charge in [-0.05, 0) is 49.4 Å². The number of hydrogen-bond donors (Lipinski definition) is 3. The lowest BCUT2D eigenvalue weighted by Gasteiger charge is -2.21. The molecule has 0 heterocycles. The minimum atomic E-state index is -4.95. The molecule has 0 saturated heterocycles. The Labute approximate surface area is 549 Å². The first-order valence-electron chi connectivity index (χ1n) is 36.7. The van der Waals surface area contributed by atoms with Gasteiger partial charge in [-0.25, -0.2) is 9.13 Å². The smallest absolute Gasteiger partial charge is 0.462 e. The Kier molecular flexibility index (Phi) is 59.4. The summed E-state index contributed by atoms with van der Waals surface area (Å²) in [4.78, 5) is 72.5. The van der Waals surface area contributed by atoms with E-state index in [1.807, 2.05) is 0 Å². The number of esters is 4. The zero-order valence-electron chi connectivity index (χ0n) is 58.8. The third-order valence-electron chi connectivity index (χ3n) is 16.7. The summed E-state index contributed by atoms with van der Waals surface area (Å²) in [5, 5.41) is 10.6. The summed E-state index contributed by atoms with van der Waals surface area (Å²) in [7, 11) is -9.90. The molecular weight excluding hydrogens is 1190 g/mol. The molecule has 90 heavy (non-hydrogen) atoms. The molecule has 0 bridgehead atoms. The van der Waals surface area contributed by atoms with Crippen LogP contribution in [-0.4, -0.2) is 96.7 Å². The van der Waals surface area contributed by atoms with Crippen LogP contribution in [0.1, 0.15) is 351 Å². The molecule has 0 aliphatic carbocycles. The normalized spacial score (nSPS) is 14.6. The van der Waals surface area contributed by atoms with E-state index < -0.39 is 97.5 Å². The van der Waals surface area contributed by atoms with Crippen molar-refractivity contribution in [2.45, 2.75) is 369 Å². The van der Waals surface area contributed by atoms with E-state index in [0.717, 1.165) is 114 Å². The minimum absolute atomic E-state index is 0.101. The predicted octanol–water partition coefficient (Wildman–Crippen LogP) is 20.1. The summed E-state index contributed by atoms with van der Waals surface area (Å²) in [6, 6.07) is 0. The van der Waals surface area contributed by atoms with Crippen molar-refractivity contribution in [1.29, 1.82) is 0 Å². The Bertz CT molecular complexity index is 1780. The van der Waals surface area contributed by atoms with Gasteiger partial charge < -0.3 is 33.8 Å². The molecule has 0 radical (unpaired) electrons. The van der Waals surface area contributed by atoms with Crippen LogP contribution < -0.4 is 0 Å². The molecule has 0 amide bonds. The molecule has 534 valence electrons. The summed E-state index contributed by atoms with van der Waals surface area (Å²) in [5.41, 5.74) is 0. The van der Waals surface area contributed by atoms with Crippen LogP contribution in [0.5, 0.6) is 0 Å². The van der Waals surface area contributed by atoms with E-state index >= 15 is 0 Å². The lowest BCUT2D eigenvalue weighted by Crippen LogP contribution is -2.30. The number of carbonyl (C=O) groups is 4. The van der Waals surface area contributed by atoms with Crippen molar-refractivity contribution in [3.8, 4) is 0 Å². The van der Waals surface area contributed by atoms with Gasteiger partial charge in [0.15, 0.2) is 12.2 Å². The topological polar surface area (TPSA) is 237 Å². The highest BCUT2D eigenvalue weighted by Gasteiger charge is 2.30. The van der Waals surface area contributed by atoms with Crippen LogP contribution in [0.15, 0.2) is 0 Å². The van der Waals surface area contributed by atoms with Crippen LogP contribution in [0.25, 0.3) is 0 Å². The van der Waals surface area contributed by atoms with Crippen molar-refractivity contribution in [3.63, 3.8) is 0 Å². The minimum Gasteiger partial charge on any atom is -0.462 e. The van der Waals surface area contributed by atoms with Crippen molar-refractivity contribution in [1.82, 2.24) is 0 Å². The van der Waals surface area contributed by atoms with Crippen molar-refractivity contribution in [2.24, 2.45) is 23.7 Å². The molecule has 0 aromatic rings. The first-order valence-corrected chi connectivity index (χ1v) is 39.7. The van der Waals surface area contributed by atoms with E-state index in [4.69, 9.17) is 37.0 Å². The van der Waals surface area contributed by atoms with Crippen LogP contribution in [0.2, 0.25) is 0 Å². The molecule has 0 aromatic heterocycles. The highest BCUT2D eigenvalue weighted by atomic mass is 31.2. The number of aliphatic hydroxyl groups is 1. The largest absolute Gasteiger partial charge is 0.472 e. The number of ether oxygens (including phenoxy) is 4. The molecule has 0 spiro atoms. The molecule has 0 aliphatic heterocycles. The second kappa shape index (κ2) is 60.7. The molecule has 3 unspecified atom stereocenters. The number of phosphoric ester groups is 2. The molecule has 0 saturated carbocycles. The van der Waals surface area contributed by atoms with Gasteiger partial charge in [-0.15, -0.1) is 0 Å². The third kappa shape index (κ3) is 63.5. The fourth-order valence-corrected chi connectivity index (χ4v) is 12.2. The van der Waals surface area contributed by atoms with E-state index in [0.29, 0.717) is 31.6 Å². The molecule has 17 nitrogen and oxygen atoms in total. The van der Waals surface area contributed by atoms with Gasteiger partial charge in [0.25, 0.3) is 0 Å². The Balaban J connectivity index is 5.20. The average molecular weight is 1330 g/mol. The fraction of sp³-hybridized carbons (Fsp3) is 0.944. The average Bonchev–Trinajstić information content (AvgIpc) is 3.67. The SMILES string of the molecule is CCC(C)CCCCCCCCC(=O)OC[C@H](COP(=O)(O)OC[C@H](O)COP(=O)(O)OC[C@@H](COC(=O)CCCCCCCCCCCCC(C)C)OC(=O)CCCCCCCCC(C)C)OC(=O)CCCCCCCCCCCCCCCCCC(C)C. The molecule has 0 rings (SSSR count). The summed E-state index contributed by atoms with van der Waals surface area (Å²) < 4.78 is 68.3. The van der Waals surface area contributed by atoms with Gasteiger partial charge in [-0.3, -0.25) is 37.3 Å². The Morgan fingerprint density at radius 3 is 0.789 bits per heavy atom. The van der Waals surface area contributed by atoms with Gasteiger partial charge in [0.1, 0.15) is 19.3 Å². The molecule has 6 atom stereocenters. The Morgan fingerprint density at radius 1 is 0.311 bits per heavy atom. The Hall–Kier alpha value is -1.94. The highest BCUT2D eigenvalue weighted by molar-refractivity contribution is 7.47. The van der Waals surface area contributed by atoms with Crippen LogP contribution in [-0.2, 0) is 65.4 Å². The van der Waals surface area contributed by atoms with Crippen LogP contribution in [0.3, 0.4) is 0 Å². The van der Waals surface area contributed by atoms with Crippen LogP contribution >= 0.6 is 15.6 Å². The monoisotopic (exact) mass is 1320 g/mol. The number of rotatable bonds is 68. The molecule has 3 N–H and O–H groups in total. The molecule has 0 aliphatic rings. The van der Waals surface area contributed by atoms with E-state index in [2.05, 4.69) is 55.4 Å². The zero-order valence-corrected chi connectivity index (χ0v) is 60.6. The van der Waals surface area contributed by atoms with Gasteiger partial charge in [-0.1, -0.05) is 299 Å². The van der Waals surface area contributed by atoms with Crippen molar-refractivity contribution >= 4 is 39.5 Å². The fourth-order valence-electron chi connectivity index (χ4n) is 10.6. The number of unbranched alkanes of at least 4 members (excludes halogenated alkanes) is 33. The standard InChI is InChI=1S/C71H138O17P2/c1-9-64(8)50-42-34-28-30-36-44-52-69(74)82-58-66(87-70(75)53-45-37-26-22-16-14-12-10-11-13-15-19-23-31-39-47-61(2)3)59-85-89(77,78)83-55-65(72)56-84-90(79,80)86-60-67(88-71(76)54-46-38-29-27-33-41-49-63(6)7)57-81-68(73)51-43-35-25-21-18-17-20-24-32-40-48-62(4)5/h61-67,72H,9-60H2,1-8H3,(H,77,78)(H,79,80)/t64?,65-,66+,67+/m0/s1. The predicted molar refractivity (Wildman–Crippen MR) is 363 cm³/mol. The second-order valence-corrected chi connectivity index (χ2v) is 30.2. The summed E-state index contributed by atoms with van der Waals surface area (Å²) in [6.45, 7) is 14.0. The van der Waals surface area contributed by atoms with Crippen molar-refractivity contribution in [2.75, 3.05) is 39.6 Å². The van der Waals surface area contributed by atoms with E-state index in [1.165, 1.54) is 148 Å². The molecular formula is C71H138O17P2. The highest BCUT2D eigenvalue weighted by Crippen LogP contribution is 2.45. The maximum atomic E-state index is 13.0. The quantitative estimate of drug-likeness (QED) is 0.0222. The molecule has 0 aromatic carbocycles. The molecule has 19 heteroatoms. The zero-order chi connectivity index (χ0) is 66.8. The number of phosphoric acid groups is 2. The van der Waals surface area contributed by atoms with Crippen LogP contribution in [0.4, 0.5) is 0 Å². The number of carbonyl (C=O) groups excluding carboxylic acids is 4. The van der Waals surface area contributed by atoms with Gasteiger partial charge in [0.2, 0.25) is 0 Å². The van der Waals surface area contributed by atoms with E-state index in [-0.39, 0.29) is 25.7 Å². The summed E-state index contributed by atoms with van der Waals surface area (Å²) in [5.74, 6) is 0.828. The molecule has 0 fully saturated rings. The lowest BCUT2D eigenvalue weighted by atomic mass is 10.00. The Morgan fingerprint density at radius 2 is 0.533 bits per heavy atom. The number of hydrogen-bond acceptors (Lipinski definition) is 15. The van der Waals surface area contributed by atoms with E-state index in [1.54, 1.807) is 0 Å². The van der Waals surface area contributed by atoms with E-state index in [9.17, 15) is 43.2 Å². The first kappa shape index (κ1) is 88.1. The van der Waals surface area contributed by atoms with Crippen LogP contribution in [0, 0.1) is 23.7 Å². The van der Waals surface area contributed by atoms with Gasteiger partial charge in [0, 0.05) is 25.7 Å². The lowest BCUT2D eigenvalue weighted by molar-refractivity contribution is -0.161. The second-order valence-electron chi connectivity index (χ2n) is 27.3. The van der Waals surface area contributed by atoms with Gasteiger partial charge >= 0.3 is 39.5 Å². The maximum absolute atomic E-state index is 13.0. The first-order chi connectivity index (χ1) is 43.1. The number of aliphatic hydroxyl groups excluding tert-OH is 1. The van der Waals surface area contributed by atoms with Gasteiger partial charge in [0.05, 0.1) is 26.4 Å². The summed E-state index contributed by atoms with van der Waals surface area (Å²) >= 11 is 0.